The first-order chi connectivity index (χ1) is 6.02. The Labute approximate surface area is 80.6 Å². The smallest absolute Gasteiger partial charge is 0.0318 e. The monoisotopic (exact) mass is 178 g/mol. The lowest BCUT2D eigenvalue weighted by atomic mass is 9.87. The topological polar surface area (TPSA) is 15.6 Å². The molecular weight excluding hydrogens is 160 g/mol. The molecule has 1 heterocycles. The van der Waals surface area contributed by atoms with Crippen molar-refractivity contribution in [2.75, 3.05) is 7.05 Å². The average molecular weight is 178 g/mol. The van der Waals surface area contributed by atoms with E-state index in [4.69, 9.17) is 0 Å². The molecule has 2 unspecified atom stereocenters. The van der Waals surface area contributed by atoms with Crippen molar-refractivity contribution in [3.63, 3.8) is 0 Å². The van der Waals surface area contributed by atoms with Crippen LogP contribution in [0.3, 0.4) is 0 Å². The fraction of sp³-hybridized carbons (Fsp3) is 0.545. The quantitative estimate of drug-likeness (QED) is 0.593. The molecule has 0 aliphatic carbocycles. The number of hydrazone groups is 1. The van der Waals surface area contributed by atoms with E-state index in [1.165, 1.54) is 11.1 Å². The minimum Gasteiger partial charge on any atom is -0.276 e. The van der Waals surface area contributed by atoms with E-state index in [0.29, 0.717) is 11.8 Å². The second kappa shape index (κ2) is 3.77. The normalized spacial score (nSPS) is 24.2. The minimum atomic E-state index is 0.433. The molecule has 0 radical (unpaired) electrons. The SMILES string of the molecule is C=C(C)C(C)C1=CN(C)N=CC1C. The van der Waals surface area contributed by atoms with Crippen molar-refractivity contribution in [2.24, 2.45) is 16.9 Å². The third-order valence-corrected chi connectivity index (χ3v) is 2.57. The lowest BCUT2D eigenvalue weighted by molar-refractivity contribution is 0.458. The zero-order valence-electron chi connectivity index (χ0n) is 8.91. The van der Waals surface area contributed by atoms with Crippen molar-refractivity contribution in [1.29, 1.82) is 0 Å². The van der Waals surface area contributed by atoms with Crippen LogP contribution in [0, 0.1) is 11.8 Å². The molecule has 1 aliphatic rings. The predicted molar refractivity (Wildman–Crippen MR) is 57.5 cm³/mol. The maximum Gasteiger partial charge on any atom is 0.0318 e. The van der Waals surface area contributed by atoms with Crippen LogP contribution < -0.4 is 0 Å². The average Bonchev–Trinajstić information content (AvgIpc) is 2.08. The maximum absolute atomic E-state index is 4.21. The molecule has 0 bridgehead atoms. The van der Waals surface area contributed by atoms with Crippen molar-refractivity contribution in [2.45, 2.75) is 20.8 Å². The van der Waals surface area contributed by atoms with E-state index in [1.807, 2.05) is 18.3 Å². The van der Waals surface area contributed by atoms with Crippen LogP contribution in [0.25, 0.3) is 0 Å². The molecule has 0 N–H and O–H groups in total. The van der Waals surface area contributed by atoms with Gasteiger partial charge in [0, 0.05) is 25.4 Å². The van der Waals surface area contributed by atoms with E-state index >= 15 is 0 Å². The Kier molecular flexibility index (Phi) is 2.91. The molecule has 0 saturated heterocycles. The highest BCUT2D eigenvalue weighted by atomic mass is 15.4. The Balaban J connectivity index is 2.84. The van der Waals surface area contributed by atoms with Crippen molar-refractivity contribution >= 4 is 6.21 Å². The zero-order chi connectivity index (χ0) is 10.0. The molecular formula is C11H18N2. The second-order valence-corrected chi connectivity index (χ2v) is 3.82. The molecule has 1 aliphatic heterocycles. The van der Waals surface area contributed by atoms with E-state index in [-0.39, 0.29) is 0 Å². The number of allylic oxidation sites excluding steroid dienone is 2. The van der Waals surface area contributed by atoms with Crippen LogP contribution in [0.1, 0.15) is 20.8 Å². The first-order valence-corrected chi connectivity index (χ1v) is 4.66. The molecule has 72 valence electrons. The molecule has 2 nitrogen and oxygen atoms in total. The van der Waals surface area contributed by atoms with Crippen LogP contribution in [0.4, 0.5) is 0 Å². The van der Waals surface area contributed by atoms with Crippen molar-refractivity contribution < 1.29 is 0 Å². The van der Waals surface area contributed by atoms with Crippen molar-refractivity contribution in [1.82, 2.24) is 5.01 Å². The first kappa shape index (κ1) is 10.0. The van der Waals surface area contributed by atoms with Crippen molar-refractivity contribution in [3.05, 3.63) is 23.9 Å². The van der Waals surface area contributed by atoms with E-state index in [1.54, 1.807) is 0 Å². The summed E-state index contributed by atoms with van der Waals surface area (Å²) in [7, 11) is 1.95. The summed E-state index contributed by atoms with van der Waals surface area (Å²) >= 11 is 0. The molecule has 0 aromatic heterocycles. The second-order valence-electron chi connectivity index (χ2n) is 3.82. The van der Waals surface area contributed by atoms with Crippen molar-refractivity contribution in [3.8, 4) is 0 Å². The van der Waals surface area contributed by atoms with E-state index in [0.717, 1.165) is 0 Å². The van der Waals surface area contributed by atoms with Gasteiger partial charge in [-0.3, -0.25) is 5.01 Å². The number of hydrogen-bond acceptors (Lipinski definition) is 2. The summed E-state index contributed by atoms with van der Waals surface area (Å²) in [6.45, 7) is 10.4. The standard InChI is InChI=1S/C11H18N2/c1-8(2)10(4)11-7-13(5)12-6-9(11)3/h6-7,9-10H,1H2,2-5H3. The molecule has 1 rings (SSSR count). The molecule has 2 heteroatoms. The van der Waals surface area contributed by atoms with Gasteiger partial charge >= 0.3 is 0 Å². The van der Waals surface area contributed by atoms with Gasteiger partial charge in [-0.05, 0) is 18.4 Å². The maximum atomic E-state index is 4.21. The third kappa shape index (κ3) is 2.20. The van der Waals surface area contributed by atoms with Crippen LogP contribution in [-0.4, -0.2) is 18.3 Å². The number of rotatable bonds is 2. The summed E-state index contributed by atoms with van der Waals surface area (Å²) in [6, 6.07) is 0. The highest BCUT2D eigenvalue weighted by molar-refractivity contribution is 5.66. The number of nitrogens with zero attached hydrogens (tertiary/aromatic N) is 2. The Bertz CT molecular complexity index is 263. The fourth-order valence-electron chi connectivity index (χ4n) is 1.45. The summed E-state index contributed by atoms with van der Waals surface area (Å²) in [5, 5.41) is 6.06. The molecule has 2 atom stereocenters. The molecule has 0 aromatic rings. The molecule has 0 saturated carbocycles. The summed E-state index contributed by atoms with van der Waals surface area (Å²) in [5.74, 6) is 0.882. The van der Waals surface area contributed by atoms with Gasteiger partial charge in [0.1, 0.15) is 0 Å². The molecule has 0 fully saturated rings. The van der Waals surface area contributed by atoms with Gasteiger partial charge in [0.25, 0.3) is 0 Å². The molecule has 0 aromatic carbocycles. The van der Waals surface area contributed by atoms with E-state index in [9.17, 15) is 0 Å². The third-order valence-electron chi connectivity index (χ3n) is 2.57. The Morgan fingerprint density at radius 3 is 2.85 bits per heavy atom. The molecule has 13 heavy (non-hydrogen) atoms. The van der Waals surface area contributed by atoms with Gasteiger partial charge in [-0.15, -0.1) is 0 Å². The van der Waals surface area contributed by atoms with Gasteiger partial charge < -0.3 is 0 Å². The van der Waals surface area contributed by atoms with E-state index in [2.05, 4.69) is 38.7 Å². The largest absolute Gasteiger partial charge is 0.276 e. The Hall–Kier alpha value is -1.05. The van der Waals surface area contributed by atoms with Gasteiger partial charge in [-0.2, -0.15) is 5.10 Å². The van der Waals surface area contributed by atoms with Gasteiger partial charge in [0.2, 0.25) is 0 Å². The van der Waals surface area contributed by atoms with Crippen LogP contribution in [0.15, 0.2) is 29.0 Å². The first-order valence-electron chi connectivity index (χ1n) is 4.66. The van der Waals surface area contributed by atoms with Gasteiger partial charge in [0.05, 0.1) is 0 Å². The Morgan fingerprint density at radius 1 is 1.69 bits per heavy atom. The fourth-order valence-corrected chi connectivity index (χ4v) is 1.45. The zero-order valence-corrected chi connectivity index (χ0v) is 8.91. The van der Waals surface area contributed by atoms with Crippen LogP contribution in [0.5, 0.6) is 0 Å². The Morgan fingerprint density at radius 2 is 2.31 bits per heavy atom. The predicted octanol–water partition coefficient (Wildman–Crippen LogP) is 2.65. The summed E-state index contributed by atoms with van der Waals surface area (Å²) in [5.41, 5.74) is 2.60. The highest BCUT2D eigenvalue weighted by Gasteiger charge is 2.18. The van der Waals surface area contributed by atoms with Crippen LogP contribution in [0.2, 0.25) is 0 Å². The lowest BCUT2D eigenvalue weighted by Crippen LogP contribution is -2.19. The minimum absolute atomic E-state index is 0.433. The van der Waals surface area contributed by atoms with Crippen LogP contribution >= 0.6 is 0 Å². The number of hydrogen-bond donors (Lipinski definition) is 0. The van der Waals surface area contributed by atoms with Gasteiger partial charge in [-0.1, -0.05) is 26.0 Å². The lowest BCUT2D eigenvalue weighted by Gasteiger charge is -2.25. The highest BCUT2D eigenvalue weighted by Crippen LogP contribution is 2.26. The molecule has 0 spiro atoms. The van der Waals surface area contributed by atoms with Gasteiger partial charge in [-0.25, -0.2) is 0 Å². The summed E-state index contributed by atoms with van der Waals surface area (Å²) in [6.07, 6.45) is 4.08. The molecule has 0 amide bonds. The summed E-state index contributed by atoms with van der Waals surface area (Å²) in [4.78, 5) is 0. The summed E-state index contributed by atoms with van der Waals surface area (Å²) < 4.78 is 0. The van der Waals surface area contributed by atoms with Crippen LogP contribution in [-0.2, 0) is 0 Å². The van der Waals surface area contributed by atoms with Gasteiger partial charge in [0.15, 0.2) is 0 Å². The van der Waals surface area contributed by atoms with E-state index < -0.39 is 0 Å².